The zero-order valence-corrected chi connectivity index (χ0v) is 66.4. The zero-order chi connectivity index (χ0) is 80.1. The smallest absolute Gasteiger partial charge is 0.347 e. The number of likely N-dealkylation sites (N-methyl/N-ethyl adjacent to an activating group) is 7. The first kappa shape index (κ1) is 89.1. The first-order chi connectivity index (χ1) is 50.0. The van der Waals surface area contributed by atoms with Gasteiger partial charge in [0.05, 0.1) is 31.3 Å². The molecule has 0 aromatic carbocycles. The molecule has 12 atom stereocenters. The summed E-state index contributed by atoms with van der Waals surface area (Å²) in [6.07, 6.45) is -3.80. The van der Waals surface area contributed by atoms with Crippen LogP contribution in [0.5, 0.6) is 0 Å². The van der Waals surface area contributed by atoms with E-state index in [2.05, 4.69) is 16.0 Å². The van der Waals surface area contributed by atoms with Gasteiger partial charge in [-0.1, -0.05) is 99.1 Å². The fourth-order valence-electron chi connectivity index (χ4n) is 17.2. The number of nitrogens with one attached hydrogen (secondary N) is 3. The summed E-state index contributed by atoms with van der Waals surface area (Å²) in [4.78, 5) is 192. The number of carbonyl (C=O) groups excluding carboxylic acids is 12. The third kappa shape index (κ3) is 22.3. The van der Waals surface area contributed by atoms with E-state index in [0.717, 1.165) is 19.6 Å². The Morgan fingerprint density at radius 2 is 1.24 bits per heavy atom. The lowest BCUT2D eigenvalue weighted by Crippen LogP contribution is -2.72. The summed E-state index contributed by atoms with van der Waals surface area (Å²) in [5.74, 6) is -14.1. The maximum atomic E-state index is 15.8. The Kier molecular flexibility index (Phi) is 31.9. The minimum absolute atomic E-state index is 0.00936. The molecule has 3 aliphatic carbocycles. The Labute approximate surface area is 633 Å². The molecule has 3 saturated carbocycles. The Morgan fingerprint density at radius 3 is 1.81 bits per heavy atom. The molecule has 6 aliphatic rings. The van der Waals surface area contributed by atoms with Crippen molar-refractivity contribution in [3.8, 4) is 0 Å². The van der Waals surface area contributed by atoms with Crippen LogP contribution in [0.25, 0.3) is 0 Å². The second-order valence-electron chi connectivity index (χ2n) is 32.5. The minimum Gasteiger partial charge on any atom is -0.347 e. The minimum atomic E-state index is -4.56. The molecule has 0 aromatic heterocycles. The van der Waals surface area contributed by atoms with Gasteiger partial charge in [-0.25, -0.2) is 0 Å². The van der Waals surface area contributed by atoms with E-state index in [1.54, 1.807) is 32.9 Å². The van der Waals surface area contributed by atoms with Crippen LogP contribution in [-0.4, -0.2) is 269 Å². The number of carbonyl (C=O) groups is 12. The fraction of sp³-hybridized carbons (Fsp3) is 0.816. The highest BCUT2D eigenvalue weighted by Gasteiger charge is 2.59. The molecule has 12 amide bonds. The van der Waals surface area contributed by atoms with Gasteiger partial charge < -0.3 is 60.0 Å². The maximum absolute atomic E-state index is 15.8. The number of hydrogen-bond donors (Lipinski definition) is 3. The predicted molar refractivity (Wildman–Crippen MR) is 391 cm³/mol. The van der Waals surface area contributed by atoms with Gasteiger partial charge in [-0.2, -0.15) is 26.3 Å². The van der Waals surface area contributed by atoms with Gasteiger partial charge in [0.15, 0.2) is 0 Å². The lowest BCUT2D eigenvalue weighted by Gasteiger charge is -2.54. The van der Waals surface area contributed by atoms with Crippen molar-refractivity contribution in [2.45, 2.75) is 274 Å². The second-order valence-corrected chi connectivity index (χ2v) is 33.1. The largest absolute Gasteiger partial charge is 0.393 e. The molecule has 1 spiro atoms. The van der Waals surface area contributed by atoms with Gasteiger partial charge in [-0.3, -0.25) is 57.5 Å². The SMILES string of the molecule is CCC[C@H]1C(=O)N[C@@H]([C@@H](C)CC)C(=O)N(C)CC(=O)N(C)[C@H]2C/C=C\CCN(C2=O)[C@@H](CC2CCC(C(F)(F)F)CC2)C(=O)N(C)CC(=O)N[C@@H](CCC2CCC(C(F)(F)F)C(Cl)C2)C(=O)N2CCCCC[C@H]2C(=O)NC2(CC(C)(C)C2)C(=O)N(C)[C@@H](C(CC)CC)C(=O)N(C)[C@H](C(=O)N(C)C)CC(=O)N1C. The molecule has 0 aromatic rings. The van der Waals surface area contributed by atoms with E-state index in [4.69, 9.17) is 11.6 Å². The average Bonchev–Trinajstić information content (AvgIpc) is 0.951. The molecule has 2 saturated heterocycles. The molecule has 606 valence electrons. The molecule has 3 aliphatic heterocycles. The van der Waals surface area contributed by atoms with E-state index in [0.29, 0.717) is 44.9 Å². The van der Waals surface area contributed by atoms with E-state index in [-0.39, 0.29) is 116 Å². The number of halogens is 7. The summed E-state index contributed by atoms with van der Waals surface area (Å²) < 4.78 is 84.8. The Hall–Kier alpha value is -6.75. The van der Waals surface area contributed by atoms with Gasteiger partial charge in [0.1, 0.15) is 53.9 Å². The van der Waals surface area contributed by atoms with Crippen LogP contribution in [0.3, 0.4) is 0 Å². The molecule has 2 bridgehead atoms. The quantitative estimate of drug-likeness (QED) is 0.0897. The zero-order valence-electron chi connectivity index (χ0n) is 65.7. The maximum Gasteiger partial charge on any atom is 0.393 e. The van der Waals surface area contributed by atoms with Crippen LogP contribution < -0.4 is 16.0 Å². The number of alkyl halides is 7. The summed E-state index contributed by atoms with van der Waals surface area (Å²) in [7, 11) is 11.1. The highest BCUT2D eigenvalue weighted by Crippen LogP contribution is 2.50. The van der Waals surface area contributed by atoms with Crippen molar-refractivity contribution in [2.75, 3.05) is 82.6 Å². The molecule has 3 N–H and O–H groups in total. The van der Waals surface area contributed by atoms with Crippen LogP contribution in [0.15, 0.2) is 12.2 Å². The van der Waals surface area contributed by atoms with E-state index in [1.807, 2.05) is 27.7 Å². The lowest BCUT2D eigenvalue weighted by atomic mass is 9.58. The highest BCUT2D eigenvalue weighted by atomic mass is 35.5. The van der Waals surface area contributed by atoms with Crippen LogP contribution >= 0.6 is 11.6 Å². The van der Waals surface area contributed by atoms with Gasteiger partial charge in [0, 0.05) is 74.8 Å². The van der Waals surface area contributed by atoms with Gasteiger partial charge >= 0.3 is 12.4 Å². The second kappa shape index (κ2) is 38.3. The van der Waals surface area contributed by atoms with Crippen molar-refractivity contribution < 1.29 is 83.9 Å². The first-order valence-electron chi connectivity index (χ1n) is 38.7. The van der Waals surface area contributed by atoms with Crippen molar-refractivity contribution >= 4 is 82.5 Å². The Balaban J connectivity index is 1.49. The van der Waals surface area contributed by atoms with Gasteiger partial charge in [-0.05, 0) is 138 Å². The summed E-state index contributed by atoms with van der Waals surface area (Å²) in [6.45, 7) is 11.3. The van der Waals surface area contributed by atoms with Crippen molar-refractivity contribution in [1.82, 2.24) is 60.0 Å². The van der Waals surface area contributed by atoms with E-state index >= 15 is 28.8 Å². The normalized spacial score (nSPS) is 30.6. The Bertz CT molecular complexity index is 3180. The third-order valence-corrected chi connectivity index (χ3v) is 24.4. The lowest BCUT2D eigenvalue weighted by molar-refractivity contribution is -0.184. The van der Waals surface area contributed by atoms with Crippen LogP contribution in [-0.2, 0) is 57.5 Å². The summed E-state index contributed by atoms with van der Waals surface area (Å²) >= 11 is 6.44. The summed E-state index contributed by atoms with van der Waals surface area (Å²) in [5.41, 5.74) is -2.22. The van der Waals surface area contributed by atoms with Crippen LogP contribution in [0, 0.1) is 40.9 Å². The molecule has 0 radical (unpaired) electrons. The van der Waals surface area contributed by atoms with E-state index in [9.17, 15) is 55.1 Å². The number of amides is 12. The number of nitrogens with zero attached hydrogens (tertiary/aromatic N) is 9. The van der Waals surface area contributed by atoms with Crippen molar-refractivity contribution in [2.24, 2.45) is 40.9 Å². The predicted octanol–water partition coefficient (Wildman–Crippen LogP) is 8.07. The standard InChI is InChI=1S/C76H121ClF6N12O12/c1-16-26-54-64(99)85-62(46(5)17-2)70(105)89(11)43-61(98)91(13)56-28-23-21-25-38-95(69(56)104)58(40-48-29-33-50(34-30-48)75(78,79)80)68(103)88(10)42-59(96)84-53(36-32-47-31-35-51(52(77)39-47)76(81,82)83)66(101)94-37-24-20-22-27-55(94)65(100)86-74(44-73(6,7)45-74)72(107)93(15)63(49(18-3)19-4)71(106)92(14)57(67(102)87(8)9)41-60(97)90(54)12/h21,23,46-58,62-63H,16-20,22,24-45H2,1-15H3,(H,84,96)(H,85,99)(H,86,100)/b23-21-/t46-,47?,48?,50?,51?,52?,53-,54-,55-,56-,57-,58-,62-,63-/m0/s1. The molecule has 5 fully saturated rings. The molecular weight excluding hydrogens is 1420 g/mol. The van der Waals surface area contributed by atoms with Crippen molar-refractivity contribution in [3.63, 3.8) is 0 Å². The van der Waals surface area contributed by atoms with Gasteiger partial charge in [0.2, 0.25) is 70.9 Å². The molecule has 24 nitrogen and oxygen atoms in total. The number of hydrogen-bond acceptors (Lipinski definition) is 12. The molecule has 3 unspecified atom stereocenters. The summed E-state index contributed by atoms with van der Waals surface area (Å²) in [5, 5.41) is 7.45. The fourth-order valence-corrected chi connectivity index (χ4v) is 17.8. The van der Waals surface area contributed by atoms with Crippen LogP contribution in [0.1, 0.15) is 203 Å². The highest BCUT2D eigenvalue weighted by molar-refractivity contribution is 6.21. The Morgan fingerprint density at radius 1 is 0.617 bits per heavy atom. The first-order valence-corrected chi connectivity index (χ1v) is 39.1. The third-order valence-electron chi connectivity index (χ3n) is 23.9. The van der Waals surface area contributed by atoms with Gasteiger partial charge in [0.25, 0.3) is 0 Å². The molecule has 3 heterocycles. The average molecular weight is 1540 g/mol. The molecule has 107 heavy (non-hydrogen) atoms. The van der Waals surface area contributed by atoms with Crippen LogP contribution in [0.2, 0.25) is 0 Å². The number of rotatable bonds is 13. The van der Waals surface area contributed by atoms with Crippen molar-refractivity contribution in [3.05, 3.63) is 12.2 Å². The van der Waals surface area contributed by atoms with Gasteiger partial charge in [-0.15, -0.1) is 11.6 Å². The van der Waals surface area contributed by atoms with E-state index in [1.165, 1.54) is 80.9 Å². The summed E-state index contributed by atoms with van der Waals surface area (Å²) in [6, 6.07) is -10.8. The molecular formula is C76H121ClF6N12O12. The van der Waals surface area contributed by atoms with E-state index < -0.39 is 203 Å². The monoisotopic (exact) mass is 1540 g/mol. The molecule has 31 heteroatoms. The molecule has 6 rings (SSSR count). The number of fused-ring (bicyclic) bond motifs is 3. The topological polar surface area (TPSA) is 270 Å². The van der Waals surface area contributed by atoms with Crippen molar-refractivity contribution in [1.29, 1.82) is 0 Å². The van der Waals surface area contributed by atoms with Crippen LogP contribution in [0.4, 0.5) is 26.3 Å².